The molecular weight excluding hydrogens is 224 g/mol. The van der Waals surface area contributed by atoms with E-state index in [4.69, 9.17) is 4.74 Å². The minimum Gasteiger partial charge on any atom is -0.491 e. The molecule has 1 unspecified atom stereocenters. The zero-order valence-corrected chi connectivity index (χ0v) is 11.6. The molecule has 0 bridgehead atoms. The molecule has 3 nitrogen and oxygen atoms in total. The van der Waals surface area contributed by atoms with Crippen LogP contribution >= 0.6 is 0 Å². The molecular formula is C15H24N2O. The predicted octanol–water partition coefficient (Wildman–Crippen LogP) is 2.44. The van der Waals surface area contributed by atoms with Crippen molar-refractivity contribution in [3.63, 3.8) is 0 Å². The molecule has 1 aliphatic rings. The average molecular weight is 248 g/mol. The Morgan fingerprint density at radius 1 is 1.06 bits per heavy atom. The molecule has 0 aliphatic carbocycles. The summed E-state index contributed by atoms with van der Waals surface area (Å²) in [5.74, 6) is 0.960. The van der Waals surface area contributed by atoms with Crippen LogP contribution in [0, 0.1) is 0 Å². The zero-order valence-electron chi connectivity index (χ0n) is 11.6. The summed E-state index contributed by atoms with van der Waals surface area (Å²) >= 11 is 0. The van der Waals surface area contributed by atoms with Gasteiger partial charge >= 0.3 is 0 Å². The largest absolute Gasteiger partial charge is 0.491 e. The Kier molecular flexibility index (Phi) is 4.61. The Morgan fingerprint density at radius 2 is 1.67 bits per heavy atom. The zero-order chi connectivity index (χ0) is 13.0. The van der Waals surface area contributed by atoms with Gasteiger partial charge in [0.2, 0.25) is 0 Å². The minimum atomic E-state index is 0.237. The second kappa shape index (κ2) is 6.21. The maximum atomic E-state index is 5.67. The summed E-state index contributed by atoms with van der Waals surface area (Å²) in [7, 11) is 0. The van der Waals surface area contributed by atoms with E-state index < -0.39 is 0 Å². The van der Waals surface area contributed by atoms with E-state index in [0.29, 0.717) is 6.04 Å². The van der Waals surface area contributed by atoms with E-state index in [0.717, 1.165) is 31.9 Å². The summed E-state index contributed by atoms with van der Waals surface area (Å²) < 4.78 is 5.67. The first-order valence-corrected chi connectivity index (χ1v) is 6.88. The van der Waals surface area contributed by atoms with Gasteiger partial charge in [0.1, 0.15) is 5.75 Å². The van der Waals surface area contributed by atoms with E-state index in [2.05, 4.69) is 55.3 Å². The second-order valence-corrected chi connectivity index (χ2v) is 5.20. The Balaban J connectivity index is 1.99. The van der Waals surface area contributed by atoms with Crippen LogP contribution in [0.1, 0.15) is 32.4 Å². The van der Waals surface area contributed by atoms with Gasteiger partial charge in [-0.05, 0) is 38.5 Å². The number of hydrogen-bond acceptors (Lipinski definition) is 3. The highest BCUT2D eigenvalue weighted by Crippen LogP contribution is 2.23. The van der Waals surface area contributed by atoms with Gasteiger partial charge < -0.3 is 10.1 Å². The number of piperazine rings is 1. The molecule has 100 valence electrons. The lowest BCUT2D eigenvalue weighted by atomic mass is 10.1. The van der Waals surface area contributed by atoms with E-state index in [1.165, 1.54) is 5.56 Å². The van der Waals surface area contributed by atoms with Crippen molar-refractivity contribution in [3.05, 3.63) is 29.8 Å². The maximum Gasteiger partial charge on any atom is 0.119 e. The van der Waals surface area contributed by atoms with Gasteiger partial charge in [-0.1, -0.05) is 12.1 Å². The molecule has 1 aromatic carbocycles. The molecule has 3 heteroatoms. The van der Waals surface area contributed by atoms with Crippen molar-refractivity contribution in [3.8, 4) is 5.75 Å². The Morgan fingerprint density at radius 3 is 2.22 bits per heavy atom. The van der Waals surface area contributed by atoms with Crippen LogP contribution in [0.5, 0.6) is 5.75 Å². The first kappa shape index (κ1) is 13.4. The Labute approximate surface area is 110 Å². The molecule has 1 atom stereocenters. The lowest BCUT2D eigenvalue weighted by molar-refractivity contribution is 0.185. The second-order valence-electron chi connectivity index (χ2n) is 5.20. The number of ether oxygens (including phenoxy) is 1. The SMILES string of the molecule is CC(C)Oc1ccc(C(C)N2CCNCC2)cc1. The van der Waals surface area contributed by atoms with Crippen LogP contribution in [0.25, 0.3) is 0 Å². The standard InChI is InChI=1S/C15H24N2O/c1-12(2)18-15-6-4-14(5-7-15)13(3)17-10-8-16-9-11-17/h4-7,12-13,16H,8-11H2,1-3H3. The van der Waals surface area contributed by atoms with E-state index in [9.17, 15) is 0 Å². The van der Waals surface area contributed by atoms with E-state index in [1.807, 2.05) is 0 Å². The average Bonchev–Trinajstić information content (AvgIpc) is 2.39. The molecule has 2 rings (SSSR count). The highest BCUT2D eigenvalue weighted by molar-refractivity contribution is 5.29. The molecule has 0 radical (unpaired) electrons. The molecule has 0 spiro atoms. The molecule has 0 amide bonds. The fraction of sp³-hybridized carbons (Fsp3) is 0.600. The fourth-order valence-corrected chi connectivity index (χ4v) is 2.38. The van der Waals surface area contributed by atoms with E-state index in [1.54, 1.807) is 0 Å². The van der Waals surface area contributed by atoms with Crippen molar-refractivity contribution < 1.29 is 4.74 Å². The number of nitrogens with zero attached hydrogens (tertiary/aromatic N) is 1. The van der Waals surface area contributed by atoms with Gasteiger partial charge in [0, 0.05) is 32.2 Å². The highest BCUT2D eigenvalue weighted by atomic mass is 16.5. The molecule has 1 aliphatic heterocycles. The van der Waals surface area contributed by atoms with Gasteiger partial charge in [0.25, 0.3) is 0 Å². The van der Waals surface area contributed by atoms with Crippen molar-refractivity contribution in [2.75, 3.05) is 26.2 Å². The third-order valence-electron chi connectivity index (χ3n) is 3.43. The van der Waals surface area contributed by atoms with Crippen molar-refractivity contribution >= 4 is 0 Å². The van der Waals surface area contributed by atoms with Gasteiger partial charge in [-0.15, -0.1) is 0 Å². The summed E-state index contributed by atoms with van der Waals surface area (Å²) in [6.45, 7) is 10.8. The van der Waals surface area contributed by atoms with Crippen molar-refractivity contribution in [1.82, 2.24) is 10.2 Å². The highest BCUT2D eigenvalue weighted by Gasteiger charge is 2.17. The predicted molar refractivity (Wildman–Crippen MR) is 75.1 cm³/mol. The summed E-state index contributed by atoms with van der Waals surface area (Å²) in [4.78, 5) is 2.52. The summed E-state index contributed by atoms with van der Waals surface area (Å²) in [5.41, 5.74) is 1.37. The van der Waals surface area contributed by atoms with Crippen molar-refractivity contribution in [1.29, 1.82) is 0 Å². The van der Waals surface area contributed by atoms with Gasteiger partial charge in [0.15, 0.2) is 0 Å². The van der Waals surface area contributed by atoms with Crippen LogP contribution in [-0.2, 0) is 0 Å². The quantitative estimate of drug-likeness (QED) is 0.885. The first-order chi connectivity index (χ1) is 8.66. The molecule has 0 saturated carbocycles. The lowest BCUT2D eigenvalue weighted by Gasteiger charge is -2.33. The Bertz CT molecular complexity index is 355. The number of hydrogen-bond donors (Lipinski definition) is 1. The number of benzene rings is 1. The van der Waals surface area contributed by atoms with Crippen LogP contribution in [0.2, 0.25) is 0 Å². The molecule has 1 fully saturated rings. The smallest absolute Gasteiger partial charge is 0.119 e. The van der Waals surface area contributed by atoms with Crippen LogP contribution < -0.4 is 10.1 Å². The van der Waals surface area contributed by atoms with Crippen molar-refractivity contribution in [2.24, 2.45) is 0 Å². The monoisotopic (exact) mass is 248 g/mol. The van der Waals surface area contributed by atoms with Crippen molar-refractivity contribution in [2.45, 2.75) is 32.9 Å². The van der Waals surface area contributed by atoms with Gasteiger partial charge in [-0.2, -0.15) is 0 Å². The summed E-state index contributed by atoms with van der Waals surface area (Å²) in [6, 6.07) is 9.01. The van der Waals surface area contributed by atoms with Gasteiger partial charge in [-0.25, -0.2) is 0 Å². The van der Waals surface area contributed by atoms with E-state index >= 15 is 0 Å². The third kappa shape index (κ3) is 3.47. The molecule has 1 saturated heterocycles. The molecule has 18 heavy (non-hydrogen) atoms. The molecule has 1 aromatic rings. The lowest BCUT2D eigenvalue weighted by Crippen LogP contribution is -2.44. The molecule has 0 aromatic heterocycles. The fourth-order valence-electron chi connectivity index (χ4n) is 2.38. The normalized spacial score (nSPS) is 18.9. The molecule has 1 heterocycles. The summed E-state index contributed by atoms with van der Waals surface area (Å²) in [5, 5.41) is 3.39. The third-order valence-corrected chi connectivity index (χ3v) is 3.43. The number of rotatable bonds is 4. The topological polar surface area (TPSA) is 24.5 Å². The molecule has 1 N–H and O–H groups in total. The Hall–Kier alpha value is -1.06. The van der Waals surface area contributed by atoms with Gasteiger partial charge in [-0.3, -0.25) is 4.90 Å². The van der Waals surface area contributed by atoms with Crippen LogP contribution in [0.3, 0.4) is 0 Å². The van der Waals surface area contributed by atoms with E-state index in [-0.39, 0.29) is 6.10 Å². The maximum absolute atomic E-state index is 5.67. The van der Waals surface area contributed by atoms with Gasteiger partial charge in [0.05, 0.1) is 6.10 Å². The van der Waals surface area contributed by atoms with Crippen LogP contribution in [0.15, 0.2) is 24.3 Å². The first-order valence-electron chi connectivity index (χ1n) is 6.88. The minimum absolute atomic E-state index is 0.237. The van der Waals surface area contributed by atoms with Crippen LogP contribution in [-0.4, -0.2) is 37.2 Å². The van der Waals surface area contributed by atoms with Crippen LogP contribution in [0.4, 0.5) is 0 Å². The summed E-state index contributed by atoms with van der Waals surface area (Å²) in [6.07, 6.45) is 0.237. The number of nitrogens with one attached hydrogen (secondary N) is 1.